The maximum atomic E-state index is 10.8. The molecule has 0 aromatic carbocycles. The fourth-order valence-electron chi connectivity index (χ4n) is 2.63. The lowest BCUT2D eigenvalue weighted by Crippen LogP contribution is -2.41. The van der Waals surface area contributed by atoms with Gasteiger partial charge in [-0.1, -0.05) is 0 Å². The molecule has 2 fully saturated rings. The lowest BCUT2D eigenvalue weighted by Gasteiger charge is -2.31. The van der Waals surface area contributed by atoms with Crippen LogP contribution in [0.4, 0.5) is 0 Å². The van der Waals surface area contributed by atoms with Crippen molar-refractivity contribution in [3.8, 4) is 0 Å². The van der Waals surface area contributed by atoms with E-state index in [4.69, 9.17) is 9.84 Å². The smallest absolute Gasteiger partial charge is 0.345 e. The summed E-state index contributed by atoms with van der Waals surface area (Å²) in [4.78, 5) is 14.7. The molecule has 3 rings (SSSR count). The first-order valence-electron chi connectivity index (χ1n) is 5.90. The van der Waals surface area contributed by atoms with Gasteiger partial charge in [0, 0.05) is 24.5 Å². The second kappa shape index (κ2) is 4.40. The number of aromatic carboxylic acids is 1. The van der Waals surface area contributed by atoms with Gasteiger partial charge in [0.1, 0.15) is 4.88 Å². The number of nitrogens with zero attached hydrogens (tertiary/aromatic N) is 1. The predicted octanol–water partition coefficient (Wildman–Crippen LogP) is 1.81. The van der Waals surface area contributed by atoms with Crippen LogP contribution in [0.3, 0.4) is 0 Å². The maximum Gasteiger partial charge on any atom is 0.345 e. The van der Waals surface area contributed by atoms with E-state index in [1.54, 1.807) is 6.07 Å². The molecule has 2 unspecified atom stereocenters. The third-order valence-corrected chi connectivity index (χ3v) is 4.43. The highest BCUT2D eigenvalue weighted by Gasteiger charge is 2.33. The Balaban J connectivity index is 1.64. The molecule has 1 aromatic heterocycles. The quantitative estimate of drug-likeness (QED) is 0.892. The molecule has 2 bridgehead atoms. The standard InChI is InChI=1S/C12H15NO3S/c14-12(15)11-4-3-10(17-11)7-13-5-8-1-2-9(6-13)16-8/h3-4,8-9H,1-2,5-7H2,(H,14,15). The van der Waals surface area contributed by atoms with Gasteiger partial charge in [-0.15, -0.1) is 11.3 Å². The van der Waals surface area contributed by atoms with E-state index in [0.29, 0.717) is 17.1 Å². The molecule has 0 radical (unpaired) electrons. The molecule has 2 atom stereocenters. The van der Waals surface area contributed by atoms with Crippen LogP contribution in [0, 0.1) is 0 Å². The van der Waals surface area contributed by atoms with E-state index in [1.807, 2.05) is 6.07 Å². The monoisotopic (exact) mass is 253 g/mol. The fraction of sp³-hybridized carbons (Fsp3) is 0.583. The van der Waals surface area contributed by atoms with Crippen LogP contribution in [0.25, 0.3) is 0 Å². The number of fused-ring (bicyclic) bond motifs is 2. The van der Waals surface area contributed by atoms with Crippen molar-refractivity contribution in [3.63, 3.8) is 0 Å². The zero-order valence-corrected chi connectivity index (χ0v) is 10.3. The highest BCUT2D eigenvalue weighted by molar-refractivity contribution is 7.13. The van der Waals surface area contributed by atoms with Gasteiger partial charge in [0.2, 0.25) is 0 Å². The average molecular weight is 253 g/mol. The minimum Gasteiger partial charge on any atom is -0.477 e. The Morgan fingerprint density at radius 3 is 2.71 bits per heavy atom. The summed E-state index contributed by atoms with van der Waals surface area (Å²) < 4.78 is 5.78. The second-order valence-electron chi connectivity index (χ2n) is 4.72. The van der Waals surface area contributed by atoms with Crippen molar-refractivity contribution >= 4 is 17.3 Å². The van der Waals surface area contributed by atoms with Crippen LogP contribution in [-0.2, 0) is 11.3 Å². The normalized spacial score (nSPS) is 28.5. The summed E-state index contributed by atoms with van der Waals surface area (Å²) in [5.74, 6) is -0.830. The number of morpholine rings is 1. The molecule has 1 N–H and O–H groups in total. The number of thiophene rings is 1. The Bertz CT molecular complexity index is 419. The summed E-state index contributed by atoms with van der Waals surface area (Å²) in [6.07, 6.45) is 3.14. The molecule has 17 heavy (non-hydrogen) atoms. The molecule has 5 heteroatoms. The number of hydrogen-bond acceptors (Lipinski definition) is 4. The van der Waals surface area contributed by atoms with E-state index >= 15 is 0 Å². The minimum atomic E-state index is -0.830. The van der Waals surface area contributed by atoms with Crippen molar-refractivity contribution in [2.45, 2.75) is 31.6 Å². The summed E-state index contributed by atoms with van der Waals surface area (Å²) in [5, 5.41) is 8.87. The zero-order valence-electron chi connectivity index (χ0n) is 9.46. The van der Waals surface area contributed by atoms with E-state index in [1.165, 1.54) is 24.2 Å². The van der Waals surface area contributed by atoms with Crippen LogP contribution >= 0.6 is 11.3 Å². The first kappa shape index (κ1) is 11.2. The Morgan fingerprint density at radius 1 is 1.41 bits per heavy atom. The molecular formula is C12H15NO3S. The first-order valence-corrected chi connectivity index (χ1v) is 6.72. The van der Waals surface area contributed by atoms with Crippen molar-refractivity contribution in [1.82, 2.24) is 4.90 Å². The summed E-state index contributed by atoms with van der Waals surface area (Å²) in [5.41, 5.74) is 0. The molecule has 0 aliphatic carbocycles. The van der Waals surface area contributed by atoms with Gasteiger partial charge < -0.3 is 9.84 Å². The Labute approximate surface area is 104 Å². The number of carbonyl (C=O) groups is 1. The van der Waals surface area contributed by atoms with Gasteiger partial charge in [0.15, 0.2) is 0 Å². The van der Waals surface area contributed by atoms with Gasteiger partial charge in [-0.25, -0.2) is 4.79 Å². The zero-order chi connectivity index (χ0) is 11.8. The van der Waals surface area contributed by atoms with Crippen molar-refractivity contribution in [3.05, 3.63) is 21.9 Å². The third-order valence-electron chi connectivity index (χ3n) is 3.37. The van der Waals surface area contributed by atoms with E-state index < -0.39 is 5.97 Å². The molecular weight excluding hydrogens is 238 g/mol. The summed E-state index contributed by atoms with van der Waals surface area (Å²) in [6, 6.07) is 3.61. The number of likely N-dealkylation sites (tertiary alicyclic amines) is 1. The Hall–Kier alpha value is -0.910. The van der Waals surface area contributed by atoms with Gasteiger partial charge in [0.05, 0.1) is 12.2 Å². The number of carboxylic acid groups (broad SMARTS) is 1. The van der Waals surface area contributed by atoms with Crippen molar-refractivity contribution < 1.29 is 14.6 Å². The largest absolute Gasteiger partial charge is 0.477 e. The van der Waals surface area contributed by atoms with Gasteiger partial charge in [0.25, 0.3) is 0 Å². The molecule has 2 aliphatic heterocycles. The molecule has 92 valence electrons. The van der Waals surface area contributed by atoms with Gasteiger partial charge >= 0.3 is 5.97 Å². The molecule has 4 nitrogen and oxygen atoms in total. The highest BCUT2D eigenvalue weighted by atomic mass is 32.1. The third kappa shape index (κ3) is 2.36. The molecule has 0 saturated carbocycles. The molecule has 0 spiro atoms. The van der Waals surface area contributed by atoms with E-state index in [0.717, 1.165) is 24.5 Å². The van der Waals surface area contributed by atoms with Crippen molar-refractivity contribution in [2.75, 3.05) is 13.1 Å². The molecule has 2 saturated heterocycles. The number of ether oxygens (including phenoxy) is 1. The number of rotatable bonds is 3. The van der Waals surface area contributed by atoms with Crippen LogP contribution in [-0.4, -0.2) is 41.3 Å². The first-order chi connectivity index (χ1) is 8.20. The van der Waals surface area contributed by atoms with Gasteiger partial charge in [-0.05, 0) is 25.0 Å². The summed E-state index contributed by atoms with van der Waals surface area (Å²) in [6.45, 7) is 2.82. The van der Waals surface area contributed by atoms with Crippen LogP contribution < -0.4 is 0 Å². The fourth-order valence-corrected chi connectivity index (χ4v) is 3.52. The lowest BCUT2D eigenvalue weighted by atomic mass is 10.2. The van der Waals surface area contributed by atoms with Crippen molar-refractivity contribution in [2.24, 2.45) is 0 Å². The minimum absolute atomic E-state index is 0.396. The number of carboxylic acids is 1. The van der Waals surface area contributed by atoms with E-state index in [-0.39, 0.29) is 0 Å². The topological polar surface area (TPSA) is 49.8 Å². The van der Waals surface area contributed by atoms with E-state index in [9.17, 15) is 4.79 Å². The Morgan fingerprint density at radius 2 is 2.12 bits per heavy atom. The van der Waals surface area contributed by atoms with Gasteiger partial charge in [-0.3, -0.25) is 4.90 Å². The second-order valence-corrected chi connectivity index (χ2v) is 5.89. The molecule has 3 heterocycles. The van der Waals surface area contributed by atoms with E-state index in [2.05, 4.69) is 4.90 Å². The number of hydrogen-bond donors (Lipinski definition) is 1. The average Bonchev–Trinajstić information content (AvgIpc) is 2.86. The summed E-state index contributed by atoms with van der Waals surface area (Å²) >= 11 is 1.38. The van der Waals surface area contributed by atoms with Crippen LogP contribution in [0.2, 0.25) is 0 Å². The van der Waals surface area contributed by atoms with Crippen LogP contribution in [0.15, 0.2) is 12.1 Å². The lowest BCUT2D eigenvalue weighted by molar-refractivity contribution is -0.0407. The van der Waals surface area contributed by atoms with Crippen LogP contribution in [0.1, 0.15) is 27.4 Å². The van der Waals surface area contributed by atoms with Gasteiger partial charge in [-0.2, -0.15) is 0 Å². The molecule has 2 aliphatic rings. The highest BCUT2D eigenvalue weighted by Crippen LogP contribution is 2.28. The van der Waals surface area contributed by atoms with Crippen LogP contribution in [0.5, 0.6) is 0 Å². The Kier molecular flexibility index (Phi) is 2.90. The molecule has 0 amide bonds. The summed E-state index contributed by atoms with van der Waals surface area (Å²) in [7, 11) is 0. The predicted molar refractivity (Wildman–Crippen MR) is 64.5 cm³/mol. The van der Waals surface area contributed by atoms with Crippen molar-refractivity contribution in [1.29, 1.82) is 0 Å². The maximum absolute atomic E-state index is 10.8. The molecule has 1 aromatic rings. The SMILES string of the molecule is O=C(O)c1ccc(CN2CC3CCC(C2)O3)s1.